The number of hydrogen-bond donors (Lipinski definition) is 0. The van der Waals surface area contributed by atoms with Crippen LogP contribution in [-0.4, -0.2) is 48.6 Å². The van der Waals surface area contributed by atoms with Crippen molar-refractivity contribution in [2.75, 3.05) is 26.3 Å². The van der Waals surface area contributed by atoms with Gasteiger partial charge in [-0.25, -0.2) is 4.79 Å². The van der Waals surface area contributed by atoms with E-state index >= 15 is 0 Å². The zero-order chi connectivity index (χ0) is 27.6. The third-order valence-corrected chi connectivity index (χ3v) is 7.59. The van der Waals surface area contributed by atoms with Gasteiger partial charge in [0.25, 0.3) is 0 Å². The number of carbonyl (C=O) groups is 1. The first-order valence-electron chi connectivity index (χ1n) is 14.4. The minimum Gasteiger partial charge on any atom is -0.493 e. The third-order valence-electron chi connectivity index (χ3n) is 7.59. The van der Waals surface area contributed by atoms with Gasteiger partial charge in [0.05, 0.1) is 18.9 Å². The second-order valence-electron chi connectivity index (χ2n) is 12.3. The number of benzene rings is 2. The van der Waals surface area contributed by atoms with E-state index in [1.54, 1.807) is 4.90 Å². The van der Waals surface area contributed by atoms with Crippen LogP contribution in [0.2, 0.25) is 0 Å². The monoisotopic (exact) mass is 530 g/mol. The molecule has 0 aromatic heterocycles. The van der Waals surface area contributed by atoms with Crippen LogP contribution in [0.4, 0.5) is 4.79 Å². The van der Waals surface area contributed by atoms with Crippen molar-refractivity contribution >= 4 is 17.5 Å². The predicted molar refractivity (Wildman–Crippen MR) is 156 cm³/mol. The second-order valence-corrected chi connectivity index (χ2v) is 12.3. The molecular weight excluding hydrogens is 488 g/mol. The van der Waals surface area contributed by atoms with E-state index < -0.39 is 5.60 Å². The minimum absolute atomic E-state index is 0.271. The highest BCUT2D eigenvalue weighted by Crippen LogP contribution is 2.33. The highest BCUT2D eigenvalue weighted by Gasteiger charge is 2.30. The number of hydrogen-bond acceptors (Lipinski definition) is 5. The van der Waals surface area contributed by atoms with Gasteiger partial charge in [-0.3, -0.25) is 9.89 Å². The van der Waals surface area contributed by atoms with Crippen LogP contribution < -0.4 is 9.47 Å². The lowest BCUT2D eigenvalue weighted by Crippen LogP contribution is -2.39. The van der Waals surface area contributed by atoms with E-state index in [0.29, 0.717) is 12.5 Å². The number of aliphatic imine (C=N–C) groups is 1. The summed E-state index contributed by atoms with van der Waals surface area (Å²) >= 11 is 0. The molecule has 2 atom stereocenters. The normalized spacial score (nSPS) is 21.8. The fourth-order valence-electron chi connectivity index (χ4n) is 5.44. The average molecular weight is 531 g/mol. The molecule has 0 fully saturated rings. The SMILES string of the molecule is CC1CC=C(c2ccc3c(c2)CCO3)N(C(=O)OC(C)(C)C)C1.CC1CCC(c2ccc3c(c2)CCO3)=NC1. The maximum atomic E-state index is 12.6. The zero-order valence-corrected chi connectivity index (χ0v) is 24.1. The summed E-state index contributed by atoms with van der Waals surface area (Å²) in [5.74, 6) is 3.21. The van der Waals surface area contributed by atoms with Crippen LogP contribution in [0.15, 0.2) is 47.5 Å². The highest BCUT2D eigenvalue weighted by atomic mass is 16.6. The molecule has 0 N–H and O–H groups in total. The van der Waals surface area contributed by atoms with Crippen molar-refractivity contribution in [3.8, 4) is 11.5 Å². The summed E-state index contributed by atoms with van der Waals surface area (Å²) in [6, 6.07) is 12.7. The highest BCUT2D eigenvalue weighted by molar-refractivity contribution is 6.01. The lowest BCUT2D eigenvalue weighted by molar-refractivity contribution is 0.0327. The Morgan fingerprint density at radius 3 is 2.18 bits per heavy atom. The summed E-state index contributed by atoms with van der Waals surface area (Å²) in [5, 5.41) is 0. The quantitative estimate of drug-likeness (QED) is 0.416. The number of ether oxygens (including phenoxy) is 3. The molecule has 0 saturated carbocycles. The molecule has 0 saturated heterocycles. The van der Waals surface area contributed by atoms with E-state index in [1.165, 1.54) is 28.8 Å². The Balaban J connectivity index is 0.000000168. The molecule has 2 unspecified atom stereocenters. The van der Waals surface area contributed by atoms with E-state index in [1.807, 2.05) is 32.9 Å². The van der Waals surface area contributed by atoms with Gasteiger partial charge in [-0.05, 0) is 111 Å². The lowest BCUT2D eigenvalue weighted by atomic mass is 9.95. The molecular formula is C33H42N2O4. The Bertz CT molecular complexity index is 1270. The van der Waals surface area contributed by atoms with Crippen molar-refractivity contribution in [3.05, 3.63) is 64.7 Å². The molecule has 6 heteroatoms. The van der Waals surface area contributed by atoms with Gasteiger partial charge in [-0.15, -0.1) is 0 Å². The van der Waals surface area contributed by atoms with E-state index in [0.717, 1.165) is 74.1 Å². The molecule has 0 radical (unpaired) electrons. The van der Waals surface area contributed by atoms with Gasteiger partial charge < -0.3 is 14.2 Å². The second kappa shape index (κ2) is 11.4. The standard InChI is InChI=1S/C19H25NO3.C14H17NO/c1-13-5-7-16(20(12-13)18(21)23-19(2,3)4)14-6-8-17-15(11-14)9-10-22-17;1-10-2-4-13(15-9-10)11-3-5-14-12(8-11)6-7-16-14/h6-8,11,13H,5,9-10,12H2,1-4H3;3,5,8,10H,2,4,6-7,9H2,1H3. The Hall–Kier alpha value is -3.28. The number of amides is 1. The molecule has 1 amide bonds. The molecule has 0 spiro atoms. The molecule has 39 heavy (non-hydrogen) atoms. The molecule has 0 aliphatic carbocycles. The number of nitrogens with zero attached hydrogens (tertiary/aromatic N) is 2. The van der Waals surface area contributed by atoms with Crippen LogP contribution in [0.5, 0.6) is 11.5 Å². The van der Waals surface area contributed by atoms with E-state index in [9.17, 15) is 4.79 Å². The van der Waals surface area contributed by atoms with Gasteiger partial charge in [0.1, 0.15) is 17.1 Å². The first kappa shape index (κ1) is 27.3. The molecule has 4 aliphatic heterocycles. The molecule has 4 aliphatic rings. The fourth-order valence-corrected chi connectivity index (χ4v) is 5.44. The molecule has 4 heterocycles. The summed E-state index contributed by atoms with van der Waals surface area (Å²) in [7, 11) is 0. The van der Waals surface area contributed by atoms with Crippen LogP contribution in [0, 0.1) is 11.8 Å². The van der Waals surface area contributed by atoms with Crippen molar-refractivity contribution in [2.24, 2.45) is 16.8 Å². The van der Waals surface area contributed by atoms with E-state index in [4.69, 9.17) is 14.2 Å². The average Bonchev–Trinajstić information content (AvgIpc) is 3.57. The number of allylic oxidation sites excluding steroid dienone is 1. The summed E-state index contributed by atoms with van der Waals surface area (Å²) in [6.07, 6.45) is 7.23. The van der Waals surface area contributed by atoms with Crippen molar-refractivity contribution < 1.29 is 19.0 Å². The van der Waals surface area contributed by atoms with Crippen LogP contribution in [0.25, 0.3) is 5.70 Å². The lowest BCUT2D eigenvalue weighted by Gasteiger charge is -2.34. The van der Waals surface area contributed by atoms with Gasteiger partial charge >= 0.3 is 6.09 Å². The first-order chi connectivity index (χ1) is 18.7. The van der Waals surface area contributed by atoms with Crippen LogP contribution in [0.3, 0.4) is 0 Å². The minimum atomic E-state index is -0.491. The summed E-state index contributed by atoms with van der Waals surface area (Å²) < 4.78 is 16.7. The fraction of sp³-hybridized carbons (Fsp3) is 0.515. The topological polar surface area (TPSA) is 60.4 Å². The van der Waals surface area contributed by atoms with Crippen LogP contribution >= 0.6 is 0 Å². The molecule has 2 aromatic carbocycles. The largest absolute Gasteiger partial charge is 0.493 e. The van der Waals surface area contributed by atoms with Crippen LogP contribution in [-0.2, 0) is 17.6 Å². The van der Waals surface area contributed by atoms with E-state index in [2.05, 4.69) is 49.2 Å². The molecule has 2 aromatic rings. The van der Waals surface area contributed by atoms with Gasteiger partial charge in [0, 0.05) is 31.6 Å². The van der Waals surface area contributed by atoms with Crippen molar-refractivity contribution in [3.63, 3.8) is 0 Å². The first-order valence-corrected chi connectivity index (χ1v) is 14.4. The Labute approximate surface area is 233 Å². The third kappa shape index (κ3) is 6.66. The summed E-state index contributed by atoms with van der Waals surface area (Å²) in [6.45, 7) is 13.4. The summed E-state index contributed by atoms with van der Waals surface area (Å²) in [4.78, 5) is 19.1. The molecule has 6 nitrogen and oxygen atoms in total. The van der Waals surface area contributed by atoms with Crippen LogP contribution in [0.1, 0.15) is 76.1 Å². The molecule has 208 valence electrons. The van der Waals surface area contributed by atoms with Gasteiger partial charge in [0.2, 0.25) is 0 Å². The predicted octanol–water partition coefficient (Wildman–Crippen LogP) is 7.08. The Kier molecular flexibility index (Phi) is 8.01. The Morgan fingerprint density at radius 2 is 1.56 bits per heavy atom. The van der Waals surface area contributed by atoms with Gasteiger partial charge in [-0.2, -0.15) is 0 Å². The van der Waals surface area contributed by atoms with Crippen molar-refractivity contribution in [1.82, 2.24) is 4.90 Å². The molecule has 0 bridgehead atoms. The number of rotatable bonds is 2. The van der Waals surface area contributed by atoms with Crippen molar-refractivity contribution in [2.45, 2.75) is 72.3 Å². The molecule has 6 rings (SSSR count). The number of carbonyl (C=O) groups excluding carboxylic acids is 1. The summed E-state index contributed by atoms with van der Waals surface area (Å²) in [5.41, 5.74) is 6.67. The number of fused-ring (bicyclic) bond motifs is 2. The Morgan fingerprint density at radius 1 is 0.923 bits per heavy atom. The van der Waals surface area contributed by atoms with Gasteiger partial charge in [0.15, 0.2) is 0 Å². The van der Waals surface area contributed by atoms with E-state index in [-0.39, 0.29) is 6.09 Å². The maximum absolute atomic E-state index is 12.6. The smallest absolute Gasteiger partial charge is 0.414 e. The van der Waals surface area contributed by atoms with Gasteiger partial charge in [-0.1, -0.05) is 19.9 Å². The van der Waals surface area contributed by atoms with Crippen molar-refractivity contribution in [1.29, 1.82) is 0 Å². The zero-order valence-electron chi connectivity index (χ0n) is 24.1. The maximum Gasteiger partial charge on any atom is 0.414 e.